The first-order chi connectivity index (χ1) is 9.17. The van der Waals surface area contributed by atoms with Crippen LogP contribution < -0.4 is 5.76 Å². The molecule has 0 unspecified atom stereocenters. The highest BCUT2D eigenvalue weighted by Gasteiger charge is 2.10. The van der Waals surface area contributed by atoms with Crippen molar-refractivity contribution in [3.8, 4) is 0 Å². The molecular formula is C13H12IN3O2. The van der Waals surface area contributed by atoms with E-state index in [9.17, 15) is 4.79 Å². The fraction of sp³-hybridized carbons (Fsp3) is 0.231. The van der Waals surface area contributed by atoms with Crippen molar-refractivity contribution in [2.24, 2.45) is 0 Å². The molecule has 5 nitrogen and oxygen atoms in total. The summed E-state index contributed by atoms with van der Waals surface area (Å²) in [6.45, 7) is 3.32. The van der Waals surface area contributed by atoms with Gasteiger partial charge in [-0.05, 0) is 47.7 Å². The van der Waals surface area contributed by atoms with Crippen LogP contribution in [0.4, 0.5) is 0 Å². The zero-order valence-electron chi connectivity index (χ0n) is 10.3. The Bertz CT molecular complexity index is 785. The van der Waals surface area contributed by atoms with Gasteiger partial charge < -0.3 is 4.42 Å². The van der Waals surface area contributed by atoms with Crippen LogP contribution in [0.2, 0.25) is 0 Å². The molecule has 2 heterocycles. The van der Waals surface area contributed by atoms with Crippen LogP contribution in [0.5, 0.6) is 0 Å². The predicted octanol–water partition coefficient (Wildman–Crippen LogP) is 2.46. The molecular weight excluding hydrogens is 357 g/mol. The minimum absolute atomic E-state index is 0.332. The number of rotatable bonds is 3. The predicted molar refractivity (Wildman–Crippen MR) is 80.2 cm³/mol. The SMILES string of the molecule is CCn1cc(Cn2c(=O)oc3cc(I)ccc32)cn1. The first kappa shape index (κ1) is 12.5. The molecule has 0 saturated heterocycles. The average Bonchev–Trinajstić information content (AvgIpc) is 2.95. The van der Waals surface area contributed by atoms with E-state index in [1.165, 1.54) is 0 Å². The summed E-state index contributed by atoms with van der Waals surface area (Å²) in [4.78, 5) is 11.9. The summed E-state index contributed by atoms with van der Waals surface area (Å²) in [7, 11) is 0. The largest absolute Gasteiger partial charge is 0.420 e. The number of fused-ring (bicyclic) bond motifs is 1. The highest BCUT2D eigenvalue weighted by atomic mass is 127. The van der Waals surface area contributed by atoms with Crippen LogP contribution in [-0.2, 0) is 13.1 Å². The molecule has 0 radical (unpaired) electrons. The van der Waals surface area contributed by atoms with Gasteiger partial charge >= 0.3 is 5.76 Å². The van der Waals surface area contributed by atoms with Gasteiger partial charge in [0.15, 0.2) is 5.58 Å². The quantitative estimate of drug-likeness (QED) is 0.667. The van der Waals surface area contributed by atoms with E-state index in [2.05, 4.69) is 27.7 Å². The van der Waals surface area contributed by atoms with E-state index < -0.39 is 0 Å². The highest BCUT2D eigenvalue weighted by molar-refractivity contribution is 14.1. The topological polar surface area (TPSA) is 53.0 Å². The Morgan fingerprint density at radius 1 is 1.42 bits per heavy atom. The van der Waals surface area contributed by atoms with Gasteiger partial charge in [-0.25, -0.2) is 4.79 Å². The van der Waals surface area contributed by atoms with E-state index in [0.29, 0.717) is 12.1 Å². The first-order valence-electron chi connectivity index (χ1n) is 5.97. The van der Waals surface area contributed by atoms with Crippen LogP contribution in [0.15, 0.2) is 39.8 Å². The molecule has 0 atom stereocenters. The number of aryl methyl sites for hydroxylation is 1. The Balaban J connectivity index is 2.05. The second-order valence-corrected chi connectivity index (χ2v) is 5.52. The van der Waals surface area contributed by atoms with Crippen LogP contribution in [-0.4, -0.2) is 14.3 Å². The molecule has 19 heavy (non-hydrogen) atoms. The zero-order valence-corrected chi connectivity index (χ0v) is 12.5. The maximum absolute atomic E-state index is 11.9. The molecule has 0 aliphatic carbocycles. The van der Waals surface area contributed by atoms with Gasteiger partial charge in [0.05, 0.1) is 18.3 Å². The number of aromatic nitrogens is 3. The van der Waals surface area contributed by atoms with Crippen molar-refractivity contribution in [1.82, 2.24) is 14.3 Å². The van der Waals surface area contributed by atoms with Crippen molar-refractivity contribution in [3.63, 3.8) is 0 Å². The third-order valence-electron chi connectivity index (χ3n) is 2.98. The molecule has 0 bridgehead atoms. The van der Waals surface area contributed by atoms with E-state index in [-0.39, 0.29) is 5.76 Å². The molecule has 1 aromatic carbocycles. The lowest BCUT2D eigenvalue weighted by Gasteiger charge is -1.99. The summed E-state index contributed by atoms with van der Waals surface area (Å²) < 4.78 is 9.77. The summed E-state index contributed by atoms with van der Waals surface area (Å²) in [5.41, 5.74) is 2.43. The van der Waals surface area contributed by atoms with Crippen LogP contribution >= 0.6 is 22.6 Å². The van der Waals surface area contributed by atoms with Crippen LogP contribution in [0.1, 0.15) is 12.5 Å². The lowest BCUT2D eigenvalue weighted by atomic mass is 10.3. The maximum Gasteiger partial charge on any atom is 0.420 e. The molecule has 0 aliphatic rings. The molecule has 0 saturated carbocycles. The molecule has 6 heteroatoms. The van der Waals surface area contributed by atoms with Gasteiger partial charge in [-0.2, -0.15) is 5.10 Å². The normalized spacial score (nSPS) is 11.3. The van der Waals surface area contributed by atoms with Gasteiger partial charge in [-0.3, -0.25) is 9.25 Å². The van der Waals surface area contributed by atoms with Crippen LogP contribution in [0.3, 0.4) is 0 Å². The molecule has 0 N–H and O–H groups in total. The second kappa shape index (κ2) is 4.84. The van der Waals surface area contributed by atoms with Gasteiger partial charge in [0.1, 0.15) is 0 Å². The molecule has 0 fully saturated rings. The summed E-state index contributed by atoms with van der Waals surface area (Å²) in [6, 6.07) is 5.74. The number of hydrogen-bond donors (Lipinski definition) is 0. The Labute approximate surface area is 123 Å². The van der Waals surface area contributed by atoms with Gasteiger partial charge in [0.25, 0.3) is 0 Å². The lowest BCUT2D eigenvalue weighted by molar-refractivity contribution is 0.517. The van der Waals surface area contributed by atoms with Crippen molar-refractivity contribution in [1.29, 1.82) is 0 Å². The Morgan fingerprint density at radius 2 is 2.26 bits per heavy atom. The average molecular weight is 369 g/mol. The molecule has 3 rings (SSSR count). The minimum atomic E-state index is -0.332. The number of oxazole rings is 1. The minimum Gasteiger partial charge on any atom is -0.408 e. The molecule has 0 aliphatic heterocycles. The Kier molecular flexibility index (Phi) is 3.17. The summed E-state index contributed by atoms with van der Waals surface area (Å²) >= 11 is 2.20. The fourth-order valence-corrected chi connectivity index (χ4v) is 2.50. The molecule has 0 amide bonds. The van der Waals surface area contributed by atoms with E-state index in [0.717, 1.165) is 21.2 Å². The van der Waals surface area contributed by atoms with E-state index >= 15 is 0 Å². The second-order valence-electron chi connectivity index (χ2n) is 4.27. The Morgan fingerprint density at radius 3 is 3.00 bits per heavy atom. The van der Waals surface area contributed by atoms with Crippen LogP contribution in [0, 0.1) is 3.57 Å². The Hall–Kier alpha value is -1.57. The van der Waals surface area contributed by atoms with Crippen molar-refractivity contribution in [3.05, 3.63) is 50.3 Å². The molecule has 2 aromatic heterocycles. The lowest BCUT2D eigenvalue weighted by Crippen LogP contribution is -2.14. The summed E-state index contributed by atoms with van der Waals surface area (Å²) in [5, 5.41) is 4.21. The summed E-state index contributed by atoms with van der Waals surface area (Å²) in [5.74, 6) is -0.332. The molecule has 3 aromatic rings. The van der Waals surface area contributed by atoms with Gasteiger partial charge in [-0.1, -0.05) is 0 Å². The van der Waals surface area contributed by atoms with E-state index in [1.54, 1.807) is 10.8 Å². The van der Waals surface area contributed by atoms with Gasteiger partial charge in [0, 0.05) is 21.9 Å². The summed E-state index contributed by atoms with van der Waals surface area (Å²) in [6.07, 6.45) is 3.72. The smallest absolute Gasteiger partial charge is 0.408 e. The first-order valence-corrected chi connectivity index (χ1v) is 7.05. The number of benzene rings is 1. The molecule has 98 valence electrons. The monoisotopic (exact) mass is 369 g/mol. The zero-order chi connectivity index (χ0) is 13.4. The van der Waals surface area contributed by atoms with E-state index in [1.807, 2.05) is 36.0 Å². The van der Waals surface area contributed by atoms with Crippen LogP contribution in [0.25, 0.3) is 11.1 Å². The van der Waals surface area contributed by atoms with Crippen molar-refractivity contribution in [2.45, 2.75) is 20.0 Å². The van der Waals surface area contributed by atoms with Gasteiger partial charge in [-0.15, -0.1) is 0 Å². The molecule has 0 spiro atoms. The third-order valence-corrected chi connectivity index (χ3v) is 3.65. The highest BCUT2D eigenvalue weighted by Crippen LogP contribution is 2.17. The standard InChI is InChI=1S/C13H12IN3O2/c1-2-16-7-9(6-15-16)8-17-11-4-3-10(14)5-12(11)19-13(17)18/h3-7H,2,8H2,1H3. The fourth-order valence-electron chi connectivity index (χ4n) is 2.03. The van der Waals surface area contributed by atoms with Crippen molar-refractivity contribution < 1.29 is 4.42 Å². The van der Waals surface area contributed by atoms with Gasteiger partial charge in [0.2, 0.25) is 0 Å². The number of halogens is 1. The van der Waals surface area contributed by atoms with Crippen molar-refractivity contribution in [2.75, 3.05) is 0 Å². The maximum atomic E-state index is 11.9. The number of nitrogens with zero attached hydrogens (tertiary/aromatic N) is 3. The van der Waals surface area contributed by atoms with E-state index in [4.69, 9.17) is 4.42 Å². The number of hydrogen-bond acceptors (Lipinski definition) is 3. The van der Waals surface area contributed by atoms with Crippen molar-refractivity contribution >= 4 is 33.7 Å². The third kappa shape index (κ3) is 2.32.